The van der Waals surface area contributed by atoms with E-state index in [1.54, 1.807) is 4.90 Å². The Morgan fingerprint density at radius 3 is 2.76 bits per heavy atom. The second-order valence-corrected chi connectivity index (χ2v) is 4.45. The number of nitrogens with zero attached hydrogens (tertiary/aromatic N) is 1. The highest BCUT2D eigenvalue weighted by Crippen LogP contribution is 2.17. The van der Waals surface area contributed by atoms with Gasteiger partial charge in [0.2, 0.25) is 0 Å². The molecule has 2 heterocycles. The monoisotopic (exact) mass is 238 g/mol. The van der Waals surface area contributed by atoms with Crippen LogP contribution in [0.25, 0.3) is 0 Å². The average Bonchev–Trinajstić information content (AvgIpc) is 2.76. The highest BCUT2D eigenvalue weighted by atomic mass is 16.2. The first-order chi connectivity index (χ1) is 8.20. The molecule has 2 rings (SSSR count). The van der Waals surface area contributed by atoms with Gasteiger partial charge in [-0.05, 0) is 32.4 Å². The molecular formula is C11H18N4O2. The van der Waals surface area contributed by atoms with Crippen molar-refractivity contribution in [1.29, 1.82) is 0 Å². The summed E-state index contributed by atoms with van der Waals surface area (Å²) in [6, 6.07) is 0. The summed E-state index contributed by atoms with van der Waals surface area (Å²) in [6.45, 7) is 2.53. The predicted octanol–water partition coefficient (Wildman–Crippen LogP) is -0.225. The first-order valence-electron chi connectivity index (χ1n) is 5.92. The topological polar surface area (TPSA) is 81.0 Å². The normalized spacial score (nSPS) is 17.4. The molecule has 1 aromatic rings. The Labute approximate surface area is 99.4 Å². The molecule has 3 N–H and O–H groups in total. The maximum atomic E-state index is 12.0. The molecule has 0 atom stereocenters. The van der Waals surface area contributed by atoms with Crippen LogP contribution in [-0.4, -0.2) is 47.5 Å². The largest absolute Gasteiger partial charge is 0.337 e. The molecule has 94 valence electrons. The smallest absolute Gasteiger partial charge is 0.323 e. The quantitative estimate of drug-likeness (QED) is 0.680. The summed E-state index contributed by atoms with van der Waals surface area (Å²) in [5, 5.41) is 3.16. The lowest BCUT2D eigenvalue weighted by Crippen LogP contribution is -2.40. The van der Waals surface area contributed by atoms with E-state index in [9.17, 15) is 9.59 Å². The predicted molar refractivity (Wildman–Crippen MR) is 64.0 cm³/mol. The van der Waals surface area contributed by atoms with Crippen molar-refractivity contribution >= 4 is 5.91 Å². The first-order valence-corrected chi connectivity index (χ1v) is 5.92. The molecule has 6 heteroatoms. The van der Waals surface area contributed by atoms with E-state index in [1.807, 2.05) is 7.05 Å². The number of rotatable bonds is 3. The van der Waals surface area contributed by atoms with Crippen molar-refractivity contribution in [2.75, 3.05) is 26.7 Å². The zero-order valence-electron chi connectivity index (χ0n) is 9.95. The number of piperidine rings is 1. The van der Waals surface area contributed by atoms with E-state index in [1.165, 1.54) is 6.20 Å². The van der Waals surface area contributed by atoms with Gasteiger partial charge >= 0.3 is 5.69 Å². The molecule has 1 saturated heterocycles. The fourth-order valence-electron chi connectivity index (χ4n) is 2.25. The maximum Gasteiger partial charge on any atom is 0.323 e. The number of carbonyl (C=O) groups excluding carboxylic acids is 1. The minimum atomic E-state index is -0.335. The number of hydrogen-bond donors (Lipinski definition) is 3. The minimum absolute atomic E-state index is 0.0914. The molecule has 6 nitrogen and oxygen atoms in total. The second-order valence-electron chi connectivity index (χ2n) is 4.45. The van der Waals surface area contributed by atoms with E-state index < -0.39 is 0 Å². The number of carbonyl (C=O) groups is 1. The van der Waals surface area contributed by atoms with Crippen LogP contribution in [0.4, 0.5) is 0 Å². The molecule has 17 heavy (non-hydrogen) atoms. The number of H-pyrrole nitrogens is 2. The van der Waals surface area contributed by atoms with E-state index in [2.05, 4.69) is 15.3 Å². The number of likely N-dealkylation sites (tertiary alicyclic amines) is 1. The van der Waals surface area contributed by atoms with Crippen LogP contribution in [0, 0.1) is 5.92 Å². The summed E-state index contributed by atoms with van der Waals surface area (Å²) in [5.41, 5.74) is 0.0143. The number of hydrogen-bond acceptors (Lipinski definition) is 3. The molecule has 1 aliphatic heterocycles. The third-order valence-corrected chi connectivity index (χ3v) is 3.22. The molecule has 0 spiro atoms. The van der Waals surface area contributed by atoms with Crippen LogP contribution in [0.3, 0.4) is 0 Å². The Hall–Kier alpha value is -1.56. The number of imidazole rings is 1. The van der Waals surface area contributed by atoms with Crippen molar-refractivity contribution in [3.63, 3.8) is 0 Å². The van der Waals surface area contributed by atoms with E-state index in [0.29, 0.717) is 11.6 Å². The van der Waals surface area contributed by atoms with Crippen LogP contribution in [0.15, 0.2) is 11.0 Å². The van der Waals surface area contributed by atoms with Gasteiger partial charge < -0.3 is 20.2 Å². The Morgan fingerprint density at radius 1 is 1.53 bits per heavy atom. The lowest BCUT2D eigenvalue weighted by Gasteiger charge is -2.31. The molecule has 1 aromatic heterocycles. The third kappa shape index (κ3) is 2.76. The Bertz CT molecular complexity index is 429. The van der Waals surface area contributed by atoms with Crippen LogP contribution in [0.2, 0.25) is 0 Å². The van der Waals surface area contributed by atoms with E-state index in [-0.39, 0.29) is 11.6 Å². The van der Waals surface area contributed by atoms with Crippen molar-refractivity contribution in [2.24, 2.45) is 5.92 Å². The maximum absolute atomic E-state index is 12.0. The van der Waals surface area contributed by atoms with Gasteiger partial charge in [-0.15, -0.1) is 0 Å². The Kier molecular flexibility index (Phi) is 3.63. The molecule has 0 bridgehead atoms. The SMILES string of the molecule is CNCC1CCN(C(=O)c2c[nH]c(=O)[nH]2)CC1. The molecule has 0 aromatic carbocycles. The van der Waals surface area contributed by atoms with Gasteiger partial charge in [0.25, 0.3) is 5.91 Å². The molecule has 0 saturated carbocycles. The molecule has 1 aliphatic rings. The Morgan fingerprint density at radius 2 is 2.24 bits per heavy atom. The van der Waals surface area contributed by atoms with Crippen molar-refractivity contribution in [3.05, 3.63) is 22.4 Å². The fraction of sp³-hybridized carbons (Fsp3) is 0.636. The average molecular weight is 238 g/mol. The van der Waals surface area contributed by atoms with Gasteiger partial charge in [-0.3, -0.25) is 4.79 Å². The molecule has 1 amide bonds. The summed E-state index contributed by atoms with van der Waals surface area (Å²) in [6.07, 6.45) is 3.47. The summed E-state index contributed by atoms with van der Waals surface area (Å²) < 4.78 is 0. The molecule has 0 radical (unpaired) electrons. The van der Waals surface area contributed by atoms with Gasteiger partial charge in [-0.2, -0.15) is 0 Å². The number of aromatic amines is 2. The number of nitrogens with one attached hydrogen (secondary N) is 3. The lowest BCUT2D eigenvalue weighted by atomic mass is 9.97. The lowest BCUT2D eigenvalue weighted by molar-refractivity contribution is 0.0685. The summed E-state index contributed by atoms with van der Waals surface area (Å²) in [7, 11) is 1.95. The van der Waals surface area contributed by atoms with Crippen LogP contribution in [-0.2, 0) is 0 Å². The van der Waals surface area contributed by atoms with Crippen molar-refractivity contribution in [2.45, 2.75) is 12.8 Å². The van der Waals surface area contributed by atoms with Crippen molar-refractivity contribution < 1.29 is 4.79 Å². The fourth-order valence-corrected chi connectivity index (χ4v) is 2.25. The van der Waals surface area contributed by atoms with Gasteiger partial charge in [-0.1, -0.05) is 0 Å². The van der Waals surface area contributed by atoms with E-state index in [0.717, 1.165) is 32.5 Å². The first kappa shape index (κ1) is 11.9. The van der Waals surface area contributed by atoms with Gasteiger partial charge in [0.15, 0.2) is 0 Å². The van der Waals surface area contributed by atoms with E-state index >= 15 is 0 Å². The Balaban J connectivity index is 1.92. The molecule has 1 fully saturated rings. The zero-order valence-corrected chi connectivity index (χ0v) is 9.95. The molecule has 0 unspecified atom stereocenters. The van der Waals surface area contributed by atoms with Crippen molar-refractivity contribution in [3.8, 4) is 0 Å². The van der Waals surface area contributed by atoms with Crippen LogP contribution in [0.5, 0.6) is 0 Å². The van der Waals surface area contributed by atoms with Gasteiger partial charge in [0, 0.05) is 19.3 Å². The van der Waals surface area contributed by atoms with Crippen LogP contribution in [0.1, 0.15) is 23.3 Å². The number of amides is 1. The van der Waals surface area contributed by atoms with Crippen LogP contribution < -0.4 is 11.0 Å². The molecule has 0 aliphatic carbocycles. The molecular weight excluding hydrogens is 220 g/mol. The highest BCUT2D eigenvalue weighted by Gasteiger charge is 2.23. The number of aromatic nitrogens is 2. The standard InChI is InChI=1S/C11H18N4O2/c1-12-6-8-2-4-15(5-3-8)10(16)9-7-13-11(17)14-9/h7-8,12H,2-6H2,1H3,(H2,13,14,17). The van der Waals surface area contributed by atoms with Crippen LogP contribution >= 0.6 is 0 Å². The second kappa shape index (κ2) is 5.18. The summed E-state index contributed by atoms with van der Waals surface area (Å²) in [4.78, 5) is 29.7. The summed E-state index contributed by atoms with van der Waals surface area (Å²) in [5.74, 6) is 0.556. The highest BCUT2D eigenvalue weighted by molar-refractivity contribution is 5.92. The summed E-state index contributed by atoms with van der Waals surface area (Å²) >= 11 is 0. The zero-order chi connectivity index (χ0) is 12.3. The van der Waals surface area contributed by atoms with Gasteiger partial charge in [0.05, 0.1) is 0 Å². The van der Waals surface area contributed by atoms with E-state index in [4.69, 9.17) is 0 Å². The minimum Gasteiger partial charge on any atom is -0.337 e. The van der Waals surface area contributed by atoms with Gasteiger partial charge in [0.1, 0.15) is 5.69 Å². The van der Waals surface area contributed by atoms with Gasteiger partial charge in [-0.25, -0.2) is 4.79 Å². The van der Waals surface area contributed by atoms with Crippen molar-refractivity contribution in [1.82, 2.24) is 20.2 Å². The third-order valence-electron chi connectivity index (χ3n) is 3.22.